The van der Waals surface area contributed by atoms with Crippen LogP contribution in [0.2, 0.25) is 5.02 Å². The summed E-state index contributed by atoms with van der Waals surface area (Å²) in [5, 5.41) is 18.3. The molecule has 1 atom stereocenters. The van der Waals surface area contributed by atoms with E-state index in [0.29, 0.717) is 10.6 Å². The van der Waals surface area contributed by atoms with Crippen LogP contribution < -0.4 is 0 Å². The van der Waals surface area contributed by atoms with Gasteiger partial charge in [-0.15, -0.1) is 0 Å². The van der Waals surface area contributed by atoms with Gasteiger partial charge in [0.05, 0.1) is 5.41 Å². The SMILES string of the molecule is CC(CCC(=O)O)(C(=O)O)c1cccc(Cl)c1. The van der Waals surface area contributed by atoms with Crippen molar-refractivity contribution >= 4 is 23.5 Å². The first-order valence-electron chi connectivity index (χ1n) is 5.07. The molecule has 0 aromatic heterocycles. The van der Waals surface area contributed by atoms with Crippen molar-refractivity contribution in [2.24, 2.45) is 0 Å². The molecule has 1 aromatic rings. The molecule has 0 bridgehead atoms. The number of aliphatic carboxylic acids is 2. The molecule has 2 N–H and O–H groups in total. The van der Waals surface area contributed by atoms with Crippen molar-refractivity contribution in [1.82, 2.24) is 0 Å². The van der Waals surface area contributed by atoms with Gasteiger partial charge in [-0.3, -0.25) is 9.59 Å². The van der Waals surface area contributed by atoms with Crippen LogP contribution in [0, 0.1) is 0 Å². The highest BCUT2D eigenvalue weighted by Gasteiger charge is 2.35. The maximum Gasteiger partial charge on any atom is 0.313 e. The Morgan fingerprint density at radius 3 is 2.47 bits per heavy atom. The highest BCUT2D eigenvalue weighted by Crippen LogP contribution is 2.31. The summed E-state index contributed by atoms with van der Waals surface area (Å²) >= 11 is 5.81. The monoisotopic (exact) mass is 256 g/mol. The second kappa shape index (κ2) is 5.19. The second-order valence-electron chi connectivity index (χ2n) is 4.04. The summed E-state index contributed by atoms with van der Waals surface area (Å²) in [6.45, 7) is 1.50. The Morgan fingerprint density at radius 1 is 1.35 bits per heavy atom. The average Bonchev–Trinajstić information content (AvgIpc) is 2.25. The Labute approximate surface area is 104 Å². The highest BCUT2D eigenvalue weighted by atomic mass is 35.5. The highest BCUT2D eigenvalue weighted by molar-refractivity contribution is 6.30. The zero-order valence-corrected chi connectivity index (χ0v) is 10.1. The summed E-state index contributed by atoms with van der Waals surface area (Å²) in [7, 11) is 0. The van der Waals surface area contributed by atoms with Gasteiger partial charge in [-0.25, -0.2) is 0 Å². The molecule has 0 saturated heterocycles. The molecule has 92 valence electrons. The molecular weight excluding hydrogens is 244 g/mol. The molecule has 0 aliphatic heterocycles. The summed E-state index contributed by atoms with van der Waals surface area (Å²) in [4.78, 5) is 21.9. The maximum atomic E-state index is 11.3. The van der Waals surface area contributed by atoms with Crippen LogP contribution in [0.25, 0.3) is 0 Å². The van der Waals surface area contributed by atoms with Crippen molar-refractivity contribution in [3.63, 3.8) is 0 Å². The molecule has 4 nitrogen and oxygen atoms in total. The van der Waals surface area contributed by atoms with E-state index in [1.54, 1.807) is 24.3 Å². The number of hydrogen-bond acceptors (Lipinski definition) is 2. The molecule has 0 heterocycles. The molecule has 17 heavy (non-hydrogen) atoms. The molecule has 0 saturated carbocycles. The van der Waals surface area contributed by atoms with Crippen molar-refractivity contribution in [2.45, 2.75) is 25.2 Å². The summed E-state index contributed by atoms with van der Waals surface area (Å²) in [6.07, 6.45) is -0.173. The maximum absolute atomic E-state index is 11.3. The van der Waals surface area contributed by atoms with Gasteiger partial charge in [0.1, 0.15) is 0 Å². The van der Waals surface area contributed by atoms with Crippen LogP contribution in [0.15, 0.2) is 24.3 Å². The van der Waals surface area contributed by atoms with Gasteiger partial charge in [0.15, 0.2) is 0 Å². The minimum Gasteiger partial charge on any atom is -0.481 e. The average molecular weight is 257 g/mol. The van der Waals surface area contributed by atoms with E-state index in [-0.39, 0.29) is 12.8 Å². The summed E-state index contributed by atoms with van der Waals surface area (Å²) < 4.78 is 0. The Kier molecular flexibility index (Phi) is 4.12. The van der Waals surface area contributed by atoms with E-state index in [1.807, 2.05) is 0 Å². The van der Waals surface area contributed by atoms with Crippen LogP contribution in [0.1, 0.15) is 25.3 Å². The fourth-order valence-corrected chi connectivity index (χ4v) is 1.75. The summed E-state index contributed by atoms with van der Waals surface area (Å²) in [5.74, 6) is -2.07. The van der Waals surface area contributed by atoms with Crippen LogP contribution >= 0.6 is 11.6 Å². The molecule has 1 aromatic carbocycles. The largest absolute Gasteiger partial charge is 0.481 e. The van der Waals surface area contributed by atoms with E-state index in [9.17, 15) is 14.7 Å². The Hall–Kier alpha value is -1.55. The minimum absolute atomic E-state index is 0.0258. The number of benzene rings is 1. The molecule has 0 spiro atoms. The third kappa shape index (κ3) is 3.20. The Balaban J connectivity index is 3.07. The van der Waals surface area contributed by atoms with Crippen LogP contribution in [0.5, 0.6) is 0 Å². The number of rotatable bonds is 5. The molecule has 0 fully saturated rings. The van der Waals surface area contributed by atoms with Gasteiger partial charge in [-0.05, 0) is 31.0 Å². The van der Waals surface area contributed by atoms with Crippen LogP contribution in [-0.4, -0.2) is 22.2 Å². The quantitative estimate of drug-likeness (QED) is 0.849. The van der Waals surface area contributed by atoms with Crippen molar-refractivity contribution < 1.29 is 19.8 Å². The molecule has 5 heteroatoms. The second-order valence-corrected chi connectivity index (χ2v) is 4.48. The van der Waals surface area contributed by atoms with Gasteiger partial charge in [-0.1, -0.05) is 23.7 Å². The first-order valence-corrected chi connectivity index (χ1v) is 5.45. The number of halogens is 1. The smallest absolute Gasteiger partial charge is 0.313 e. The summed E-state index contributed by atoms with van der Waals surface area (Å²) in [5.41, 5.74) is -0.720. The minimum atomic E-state index is -1.23. The van der Waals surface area contributed by atoms with Crippen LogP contribution in [0.4, 0.5) is 0 Å². The van der Waals surface area contributed by atoms with Crippen LogP contribution in [-0.2, 0) is 15.0 Å². The fourth-order valence-electron chi connectivity index (χ4n) is 1.56. The fraction of sp³-hybridized carbons (Fsp3) is 0.333. The first kappa shape index (κ1) is 13.5. The lowest BCUT2D eigenvalue weighted by Crippen LogP contribution is -2.33. The zero-order chi connectivity index (χ0) is 13.1. The Morgan fingerprint density at radius 2 is 2.00 bits per heavy atom. The van der Waals surface area contributed by atoms with Gasteiger partial charge in [0, 0.05) is 11.4 Å². The lowest BCUT2D eigenvalue weighted by Gasteiger charge is -2.24. The molecular formula is C12H13ClO4. The number of carboxylic acid groups (broad SMARTS) is 2. The van der Waals surface area contributed by atoms with E-state index < -0.39 is 17.4 Å². The van der Waals surface area contributed by atoms with Gasteiger partial charge >= 0.3 is 11.9 Å². The number of hydrogen-bond donors (Lipinski definition) is 2. The van der Waals surface area contributed by atoms with E-state index >= 15 is 0 Å². The molecule has 0 amide bonds. The third-order valence-corrected chi connectivity index (χ3v) is 3.01. The summed E-state index contributed by atoms with van der Waals surface area (Å²) in [6, 6.07) is 6.49. The van der Waals surface area contributed by atoms with E-state index in [0.717, 1.165) is 0 Å². The predicted molar refractivity (Wildman–Crippen MR) is 63.3 cm³/mol. The number of carboxylic acids is 2. The topological polar surface area (TPSA) is 74.6 Å². The molecule has 0 aliphatic carbocycles. The molecule has 0 aliphatic rings. The van der Waals surface area contributed by atoms with Crippen molar-refractivity contribution in [1.29, 1.82) is 0 Å². The van der Waals surface area contributed by atoms with Gasteiger partial charge in [0.25, 0.3) is 0 Å². The van der Waals surface area contributed by atoms with Crippen molar-refractivity contribution in [3.8, 4) is 0 Å². The van der Waals surface area contributed by atoms with E-state index in [4.69, 9.17) is 16.7 Å². The lowest BCUT2D eigenvalue weighted by molar-refractivity contribution is -0.144. The molecule has 0 radical (unpaired) electrons. The van der Waals surface area contributed by atoms with E-state index in [2.05, 4.69) is 0 Å². The predicted octanol–water partition coefficient (Wildman–Crippen LogP) is 2.55. The van der Waals surface area contributed by atoms with E-state index in [1.165, 1.54) is 6.92 Å². The third-order valence-electron chi connectivity index (χ3n) is 2.77. The normalized spacial score (nSPS) is 14.0. The van der Waals surface area contributed by atoms with Gasteiger partial charge in [0.2, 0.25) is 0 Å². The lowest BCUT2D eigenvalue weighted by atomic mass is 9.78. The van der Waals surface area contributed by atoms with Gasteiger partial charge in [-0.2, -0.15) is 0 Å². The first-order chi connectivity index (χ1) is 7.86. The molecule has 1 unspecified atom stereocenters. The Bertz CT molecular complexity index is 444. The van der Waals surface area contributed by atoms with Gasteiger partial charge < -0.3 is 10.2 Å². The zero-order valence-electron chi connectivity index (χ0n) is 9.31. The van der Waals surface area contributed by atoms with Crippen molar-refractivity contribution in [3.05, 3.63) is 34.9 Å². The number of carbonyl (C=O) groups is 2. The van der Waals surface area contributed by atoms with Crippen LogP contribution in [0.3, 0.4) is 0 Å². The van der Waals surface area contributed by atoms with Crippen molar-refractivity contribution in [2.75, 3.05) is 0 Å². The molecule has 1 rings (SSSR count). The standard InChI is InChI=1S/C12H13ClO4/c1-12(11(16)17,6-5-10(14)15)8-3-2-4-9(13)7-8/h2-4,7H,5-6H2,1H3,(H,14,15)(H,16,17).